The number of aromatic carboxylic acids is 1. The zero-order valence-electron chi connectivity index (χ0n) is 13.2. The van der Waals surface area contributed by atoms with Crippen LogP contribution in [0.3, 0.4) is 0 Å². The van der Waals surface area contributed by atoms with Crippen molar-refractivity contribution in [2.45, 2.75) is 0 Å². The number of amides is 1. The number of H-pyrrole nitrogens is 1. The van der Waals surface area contributed by atoms with Crippen molar-refractivity contribution in [1.29, 1.82) is 0 Å². The number of fused-ring (bicyclic) bond motifs is 1. The Labute approximate surface area is 158 Å². The highest BCUT2D eigenvalue weighted by molar-refractivity contribution is 6.39. The van der Waals surface area contributed by atoms with Gasteiger partial charge in [0.25, 0.3) is 0 Å². The van der Waals surface area contributed by atoms with Gasteiger partial charge in [-0.2, -0.15) is 0 Å². The molecule has 0 spiro atoms. The molecule has 0 aliphatic rings. The van der Waals surface area contributed by atoms with Crippen molar-refractivity contribution in [3.8, 4) is 0 Å². The number of carboxylic acid groups (broad SMARTS) is 1. The van der Waals surface area contributed by atoms with Crippen molar-refractivity contribution >= 4 is 63.4 Å². The van der Waals surface area contributed by atoms with Gasteiger partial charge in [0.2, 0.25) is 5.91 Å². The summed E-state index contributed by atoms with van der Waals surface area (Å²) in [4.78, 5) is 26.4. The van der Waals surface area contributed by atoms with Crippen molar-refractivity contribution in [1.82, 2.24) is 4.98 Å². The Kier molecular flexibility index (Phi) is 4.88. The van der Waals surface area contributed by atoms with Crippen LogP contribution in [0.25, 0.3) is 17.0 Å². The summed E-state index contributed by atoms with van der Waals surface area (Å²) in [6.07, 6.45) is 2.63. The van der Waals surface area contributed by atoms with Gasteiger partial charge >= 0.3 is 5.97 Å². The first-order valence-electron chi connectivity index (χ1n) is 7.44. The Morgan fingerprint density at radius 3 is 2.50 bits per heavy atom. The van der Waals surface area contributed by atoms with E-state index in [-0.39, 0.29) is 10.7 Å². The summed E-state index contributed by atoms with van der Waals surface area (Å²) in [5, 5.41) is 13.2. The van der Waals surface area contributed by atoms with Crippen LogP contribution in [0, 0.1) is 0 Å². The third-order valence-corrected chi connectivity index (χ3v) is 4.16. The van der Waals surface area contributed by atoms with E-state index in [1.54, 1.807) is 30.3 Å². The second-order valence-corrected chi connectivity index (χ2v) is 6.32. The average Bonchev–Trinajstić information content (AvgIpc) is 2.94. The number of nitrogen functional groups attached to an aromatic ring is 1. The van der Waals surface area contributed by atoms with E-state index in [9.17, 15) is 14.7 Å². The van der Waals surface area contributed by atoms with E-state index in [1.807, 2.05) is 0 Å². The molecule has 132 valence electrons. The molecule has 5 N–H and O–H groups in total. The predicted molar refractivity (Wildman–Crippen MR) is 104 cm³/mol. The van der Waals surface area contributed by atoms with Crippen LogP contribution in [0.5, 0.6) is 0 Å². The van der Waals surface area contributed by atoms with Crippen LogP contribution < -0.4 is 11.1 Å². The SMILES string of the molecule is Nc1ccc(NC(=O)/C=C/c2c(C(=O)O)[nH]c3cc(Cl)cc(Cl)c23)cc1. The molecule has 0 bridgehead atoms. The predicted octanol–water partition coefficient (Wildman–Crippen LogP) is 4.41. The van der Waals surface area contributed by atoms with E-state index in [2.05, 4.69) is 10.3 Å². The van der Waals surface area contributed by atoms with Gasteiger partial charge < -0.3 is 21.1 Å². The summed E-state index contributed by atoms with van der Waals surface area (Å²) in [6, 6.07) is 9.72. The number of aromatic nitrogens is 1. The number of anilines is 2. The number of carboxylic acids is 1. The molecule has 0 unspecified atom stereocenters. The Balaban J connectivity index is 1.95. The molecule has 3 aromatic rings. The summed E-state index contributed by atoms with van der Waals surface area (Å²) in [7, 11) is 0. The molecule has 0 saturated carbocycles. The minimum Gasteiger partial charge on any atom is -0.477 e. The summed E-state index contributed by atoms with van der Waals surface area (Å²) < 4.78 is 0. The standard InChI is InChI=1S/C18H13Cl2N3O3/c19-9-7-13(20)16-12(17(18(25)26)23-14(16)8-9)5-6-15(24)22-11-3-1-10(21)2-4-11/h1-8,23H,21H2,(H,22,24)(H,25,26)/b6-5+. The molecule has 8 heteroatoms. The zero-order chi connectivity index (χ0) is 18.8. The van der Waals surface area contributed by atoms with E-state index in [4.69, 9.17) is 28.9 Å². The molecule has 1 aromatic heterocycles. The number of nitrogens with two attached hydrogens (primary N) is 1. The molecule has 1 amide bonds. The van der Waals surface area contributed by atoms with Crippen molar-refractivity contribution in [2.24, 2.45) is 0 Å². The largest absolute Gasteiger partial charge is 0.477 e. The lowest BCUT2D eigenvalue weighted by atomic mass is 10.1. The summed E-state index contributed by atoms with van der Waals surface area (Å²) in [5.74, 6) is -1.60. The van der Waals surface area contributed by atoms with Gasteiger partial charge in [0.1, 0.15) is 5.69 Å². The molecule has 1 heterocycles. The van der Waals surface area contributed by atoms with Gasteiger partial charge in [0, 0.05) is 38.9 Å². The smallest absolute Gasteiger partial charge is 0.352 e. The highest BCUT2D eigenvalue weighted by Crippen LogP contribution is 2.33. The Hall–Kier alpha value is -2.96. The number of halogens is 2. The molecule has 0 radical (unpaired) electrons. The first kappa shape index (κ1) is 17.8. The van der Waals surface area contributed by atoms with Crippen LogP contribution in [-0.4, -0.2) is 22.0 Å². The molecular weight excluding hydrogens is 377 g/mol. The number of benzene rings is 2. The van der Waals surface area contributed by atoms with Crippen molar-refractivity contribution in [2.75, 3.05) is 11.1 Å². The number of carbonyl (C=O) groups excluding carboxylic acids is 1. The fraction of sp³-hybridized carbons (Fsp3) is 0. The molecule has 0 atom stereocenters. The van der Waals surface area contributed by atoms with E-state index in [0.29, 0.717) is 32.9 Å². The third kappa shape index (κ3) is 3.66. The van der Waals surface area contributed by atoms with Crippen LogP contribution in [0.1, 0.15) is 16.1 Å². The Bertz CT molecular complexity index is 1040. The highest BCUT2D eigenvalue weighted by Gasteiger charge is 2.18. The van der Waals surface area contributed by atoms with E-state index >= 15 is 0 Å². The monoisotopic (exact) mass is 389 g/mol. The van der Waals surface area contributed by atoms with Crippen molar-refractivity contribution < 1.29 is 14.7 Å². The molecule has 0 fully saturated rings. The minimum absolute atomic E-state index is 0.0827. The second kappa shape index (κ2) is 7.11. The topological polar surface area (TPSA) is 108 Å². The Morgan fingerprint density at radius 2 is 1.85 bits per heavy atom. The van der Waals surface area contributed by atoms with Gasteiger partial charge in [-0.05, 0) is 42.5 Å². The number of hydrogen-bond acceptors (Lipinski definition) is 3. The first-order chi connectivity index (χ1) is 12.3. The lowest BCUT2D eigenvalue weighted by Gasteiger charge is -2.02. The maximum atomic E-state index is 12.1. The quantitative estimate of drug-likeness (QED) is 0.391. The molecular formula is C18H13Cl2N3O3. The average molecular weight is 390 g/mol. The lowest BCUT2D eigenvalue weighted by Crippen LogP contribution is -2.07. The van der Waals surface area contributed by atoms with Crippen LogP contribution in [0.2, 0.25) is 10.0 Å². The molecule has 0 aliphatic carbocycles. The molecule has 0 aliphatic heterocycles. The maximum absolute atomic E-state index is 12.1. The van der Waals surface area contributed by atoms with Gasteiger partial charge in [0.15, 0.2) is 0 Å². The third-order valence-electron chi connectivity index (χ3n) is 3.65. The number of aromatic amines is 1. The minimum atomic E-state index is -1.17. The normalized spacial score (nSPS) is 11.2. The van der Waals surface area contributed by atoms with Crippen LogP contribution >= 0.6 is 23.2 Å². The van der Waals surface area contributed by atoms with Gasteiger partial charge in [0.05, 0.1) is 5.02 Å². The molecule has 2 aromatic carbocycles. The first-order valence-corrected chi connectivity index (χ1v) is 8.19. The molecule has 6 nitrogen and oxygen atoms in total. The highest BCUT2D eigenvalue weighted by atomic mass is 35.5. The van der Waals surface area contributed by atoms with Gasteiger partial charge in [-0.3, -0.25) is 4.79 Å². The zero-order valence-corrected chi connectivity index (χ0v) is 14.7. The van der Waals surface area contributed by atoms with Gasteiger partial charge in [-0.1, -0.05) is 23.2 Å². The van der Waals surface area contributed by atoms with Crippen LogP contribution in [0.15, 0.2) is 42.5 Å². The summed E-state index contributed by atoms with van der Waals surface area (Å²) in [6.45, 7) is 0. The fourth-order valence-corrected chi connectivity index (χ4v) is 3.11. The molecule has 3 rings (SSSR count). The number of rotatable bonds is 4. The van der Waals surface area contributed by atoms with Crippen LogP contribution in [0.4, 0.5) is 11.4 Å². The summed E-state index contributed by atoms with van der Waals surface area (Å²) >= 11 is 12.2. The van der Waals surface area contributed by atoms with Gasteiger partial charge in [-0.15, -0.1) is 0 Å². The van der Waals surface area contributed by atoms with Gasteiger partial charge in [-0.25, -0.2) is 4.79 Å². The number of carbonyl (C=O) groups is 2. The number of hydrogen-bond donors (Lipinski definition) is 4. The van der Waals surface area contributed by atoms with E-state index < -0.39 is 11.9 Å². The van der Waals surface area contributed by atoms with Crippen LogP contribution in [-0.2, 0) is 4.79 Å². The fourth-order valence-electron chi connectivity index (χ4n) is 2.52. The van der Waals surface area contributed by atoms with Crippen molar-refractivity contribution in [3.05, 3.63) is 63.8 Å². The van der Waals surface area contributed by atoms with E-state index in [0.717, 1.165) is 0 Å². The van der Waals surface area contributed by atoms with Crippen molar-refractivity contribution in [3.63, 3.8) is 0 Å². The Morgan fingerprint density at radius 1 is 1.15 bits per heavy atom. The van der Waals surface area contributed by atoms with E-state index in [1.165, 1.54) is 18.2 Å². The number of nitrogens with one attached hydrogen (secondary N) is 2. The molecule has 0 saturated heterocycles. The second-order valence-electron chi connectivity index (χ2n) is 5.47. The maximum Gasteiger partial charge on any atom is 0.352 e. The lowest BCUT2D eigenvalue weighted by molar-refractivity contribution is -0.111. The molecule has 26 heavy (non-hydrogen) atoms. The summed E-state index contributed by atoms with van der Waals surface area (Å²) in [5.41, 5.74) is 7.42.